The molecule has 8 nitrogen and oxygen atoms in total. The predicted octanol–water partition coefficient (Wildman–Crippen LogP) is 3.14. The first-order valence-corrected chi connectivity index (χ1v) is 10.3. The summed E-state index contributed by atoms with van der Waals surface area (Å²) in [5.74, 6) is 2.49. The van der Waals surface area contributed by atoms with Crippen LogP contribution in [0.3, 0.4) is 0 Å². The largest absolute Gasteiger partial charge is 0.493 e. The number of nitrogens with zero attached hydrogens (tertiary/aromatic N) is 3. The second-order valence-electron chi connectivity index (χ2n) is 6.86. The summed E-state index contributed by atoms with van der Waals surface area (Å²) in [5.41, 5.74) is 2.03. The smallest absolute Gasteiger partial charge is 0.195 e. The van der Waals surface area contributed by atoms with Crippen LogP contribution in [-0.4, -0.2) is 64.6 Å². The molecule has 2 aromatic rings. The van der Waals surface area contributed by atoms with Crippen LogP contribution in [0.5, 0.6) is 5.75 Å². The Balaban J connectivity index is 0.00000341. The average Bonchev–Trinajstić information content (AvgIpc) is 2.80. The molecule has 0 amide bonds. The molecule has 1 aromatic carbocycles. The van der Waals surface area contributed by atoms with Crippen LogP contribution in [-0.2, 0) is 16.0 Å². The van der Waals surface area contributed by atoms with E-state index in [1.165, 1.54) is 0 Å². The minimum absolute atomic E-state index is 0. The average molecular weight is 541 g/mol. The fourth-order valence-electron chi connectivity index (χ4n) is 3.18. The number of nitrogens with one attached hydrogen (secondary N) is 2. The number of guanidine groups is 1. The summed E-state index contributed by atoms with van der Waals surface area (Å²) in [6, 6.07) is 11.9. The maximum Gasteiger partial charge on any atom is 0.195 e. The van der Waals surface area contributed by atoms with Crippen molar-refractivity contribution in [1.82, 2.24) is 10.3 Å². The number of morpholine rings is 1. The number of pyridine rings is 1. The highest BCUT2D eigenvalue weighted by Gasteiger charge is 2.16. The van der Waals surface area contributed by atoms with Crippen LogP contribution in [0.15, 0.2) is 47.6 Å². The maximum atomic E-state index is 5.77. The van der Waals surface area contributed by atoms with Gasteiger partial charge in [-0.3, -0.25) is 4.99 Å². The van der Waals surface area contributed by atoms with Crippen LogP contribution >= 0.6 is 24.0 Å². The lowest BCUT2D eigenvalue weighted by atomic mass is 10.2. The fourth-order valence-corrected chi connectivity index (χ4v) is 3.18. The van der Waals surface area contributed by atoms with Crippen molar-refractivity contribution in [2.45, 2.75) is 13.0 Å². The zero-order valence-corrected chi connectivity index (χ0v) is 20.5. The number of benzene rings is 1. The van der Waals surface area contributed by atoms with Crippen LogP contribution in [0.25, 0.3) is 0 Å². The molecule has 0 radical (unpaired) electrons. The van der Waals surface area contributed by atoms with Crippen molar-refractivity contribution in [3.05, 3.63) is 48.2 Å². The van der Waals surface area contributed by atoms with Crippen molar-refractivity contribution < 1.29 is 14.2 Å². The highest BCUT2D eigenvalue weighted by molar-refractivity contribution is 14.0. The van der Waals surface area contributed by atoms with E-state index in [1.54, 1.807) is 14.2 Å². The van der Waals surface area contributed by atoms with Crippen LogP contribution in [0, 0.1) is 0 Å². The van der Waals surface area contributed by atoms with Crippen molar-refractivity contribution >= 4 is 41.4 Å². The van der Waals surface area contributed by atoms with E-state index in [-0.39, 0.29) is 24.0 Å². The van der Waals surface area contributed by atoms with E-state index >= 15 is 0 Å². The number of halogens is 1. The molecule has 0 saturated carbocycles. The van der Waals surface area contributed by atoms with Crippen LogP contribution in [0.4, 0.5) is 11.5 Å². The number of anilines is 2. The molecule has 0 spiro atoms. The van der Waals surface area contributed by atoms with E-state index in [1.807, 2.05) is 36.5 Å². The molecule has 1 aromatic heterocycles. The van der Waals surface area contributed by atoms with Crippen molar-refractivity contribution in [3.8, 4) is 5.75 Å². The molecule has 1 saturated heterocycles. The summed E-state index contributed by atoms with van der Waals surface area (Å²) in [7, 11) is 3.45. The Morgan fingerprint density at radius 2 is 2.03 bits per heavy atom. The number of ether oxygens (including phenoxy) is 3. The topological polar surface area (TPSA) is 80.2 Å². The van der Waals surface area contributed by atoms with Gasteiger partial charge in [0.15, 0.2) is 5.96 Å². The lowest BCUT2D eigenvalue weighted by Gasteiger charge is -2.29. The minimum Gasteiger partial charge on any atom is -0.493 e. The van der Waals surface area contributed by atoms with Gasteiger partial charge in [0, 0.05) is 70.3 Å². The molecule has 170 valence electrons. The molecular weight excluding hydrogens is 509 g/mol. The molecule has 31 heavy (non-hydrogen) atoms. The fraction of sp³-hybridized carbons (Fsp3) is 0.455. The summed E-state index contributed by atoms with van der Waals surface area (Å²) in [6.07, 6.45) is 2.69. The molecule has 3 rings (SSSR count). The second-order valence-corrected chi connectivity index (χ2v) is 6.86. The third-order valence-corrected chi connectivity index (χ3v) is 4.71. The number of aliphatic imine (C=N–C) groups is 1. The highest BCUT2D eigenvalue weighted by atomic mass is 127. The Kier molecular flexibility index (Phi) is 11.4. The maximum absolute atomic E-state index is 5.77. The summed E-state index contributed by atoms with van der Waals surface area (Å²) in [5, 5.41) is 6.70. The van der Waals surface area contributed by atoms with Crippen molar-refractivity contribution in [2.24, 2.45) is 4.99 Å². The van der Waals surface area contributed by atoms with Gasteiger partial charge in [-0.15, -0.1) is 24.0 Å². The SMILES string of the molecule is CN=C(NCc1cccnc1N1CCOCC1)Nc1cccc(OCCCOC)c1.I. The Bertz CT molecular complexity index is 815. The Morgan fingerprint density at radius 1 is 1.19 bits per heavy atom. The highest BCUT2D eigenvalue weighted by Crippen LogP contribution is 2.19. The molecule has 9 heteroatoms. The molecule has 0 aliphatic carbocycles. The Hall–Kier alpha value is -2.11. The number of methoxy groups -OCH3 is 1. The summed E-state index contributed by atoms with van der Waals surface area (Å²) >= 11 is 0. The van der Waals surface area contributed by atoms with E-state index in [4.69, 9.17) is 14.2 Å². The van der Waals surface area contributed by atoms with Gasteiger partial charge in [-0.2, -0.15) is 0 Å². The van der Waals surface area contributed by atoms with E-state index in [0.717, 1.165) is 55.5 Å². The number of hydrogen-bond acceptors (Lipinski definition) is 6. The van der Waals surface area contributed by atoms with Crippen molar-refractivity contribution in [2.75, 3.05) is 63.9 Å². The molecule has 0 unspecified atom stereocenters. The standard InChI is InChI=1S/C22H31N5O3.HI/c1-23-22(26-19-7-3-8-20(16-19)30-13-5-12-28-2)25-17-18-6-4-9-24-21(18)27-10-14-29-15-11-27;/h3-4,6-9,16H,5,10-15,17H2,1-2H3,(H2,23,25,26);1H. The lowest BCUT2D eigenvalue weighted by Crippen LogP contribution is -2.38. The van der Waals surface area contributed by atoms with Crippen LogP contribution < -0.4 is 20.3 Å². The zero-order chi connectivity index (χ0) is 21.0. The van der Waals surface area contributed by atoms with Crippen LogP contribution in [0.1, 0.15) is 12.0 Å². The van der Waals surface area contributed by atoms with E-state index in [9.17, 15) is 0 Å². The molecule has 1 aliphatic heterocycles. The zero-order valence-electron chi connectivity index (χ0n) is 18.2. The van der Waals surface area contributed by atoms with Gasteiger partial charge in [0.2, 0.25) is 0 Å². The van der Waals surface area contributed by atoms with Gasteiger partial charge in [0.05, 0.1) is 19.8 Å². The van der Waals surface area contributed by atoms with E-state index in [2.05, 4.69) is 31.6 Å². The molecule has 1 fully saturated rings. The van der Waals surface area contributed by atoms with Gasteiger partial charge in [0.25, 0.3) is 0 Å². The van der Waals surface area contributed by atoms with Gasteiger partial charge in [-0.1, -0.05) is 12.1 Å². The molecule has 2 heterocycles. The first kappa shape index (κ1) is 25.2. The predicted molar refractivity (Wildman–Crippen MR) is 135 cm³/mol. The molecule has 0 atom stereocenters. The Labute approximate surface area is 201 Å². The van der Waals surface area contributed by atoms with Gasteiger partial charge in [-0.25, -0.2) is 4.98 Å². The van der Waals surface area contributed by atoms with Crippen molar-refractivity contribution in [3.63, 3.8) is 0 Å². The summed E-state index contributed by atoms with van der Waals surface area (Å²) in [6.45, 7) is 5.10. The van der Waals surface area contributed by atoms with Gasteiger partial charge < -0.3 is 29.7 Å². The lowest BCUT2D eigenvalue weighted by molar-refractivity contribution is 0.122. The van der Waals surface area contributed by atoms with Crippen molar-refractivity contribution in [1.29, 1.82) is 0 Å². The molecule has 0 bridgehead atoms. The van der Waals surface area contributed by atoms with Crippen LogP contribution in [0.2, 0.25) is 0 Å². The Morgan fingerprint density at radius 3 is 2.81 bits per heavy atom. The first-order valence-electron chi connectivity index (χ1n) is 10.3. The molecule has 1 aliphatic rings. The normalized spacial score (nSPS) is 14.0. The van der Waals surface area contributed by atoms with E-state index in [0.29, 0.717) is 25.7 Å². The quantitative estimate of drug-likeness (QED) is 0.219. The second kappa shape index (κ2) is 14.0. The summed E-state index contributed by atoms with van der Waals surface area (Å²) in [4.78, 5) is 11.2. The third kappa shape index (κ3) is 8.15. The summed E-state index contributed by atoms with van der Waals surface area (Å²) < 4.78 is 16.3. The number of aromatic nitrogens is 1. The number of rotatable bonds is 9. The van der Waals surface area contributed by atoms with E-state index < -0.39 is 0 Å². The molecule has 2 N–H and O–H groups in total. The van der Waals surface area contributed by atoms with Gasteiger partial charge in [-0.05, 0) is 18.2 Å². The molecular formula is C22H32IN5O3. The third-order valence-electron chi connectivity index (χ3n) is 4.71. The first-order chi connectivity index (χ1) is 14.8. The van der Waals surface area contributed by atoms with Gasteiger partial charge in [0.1, 0.15) is 11.6 Å². The monoisotopic (exact) mass is 541 g/mol. The minimum atomic E-state index is 0. The van der Waals surface area contributed by atoms with Gasteiger partial charge >= 0.3 is 0 Å². The number of hydrogen-bond donors (Lipinski definition) is 2.